The molecule has 2 aromatic rings. The lowest BCUT2D eigenvalue weighted by Crippen LogP contribution is -2.21. The quantitative estimate of drug-likeness (QED) is 0.456. The monoisotopic (exact) mass is 371 g/mol. The first kappa shape index (κ1) is 19.9. The van der Waals surface area contributed by atoms with Gasteiger partial charge in [-0.05, 0) is 37.6 Å². The van der Waals surface area contributed by atoms with E-state index in [2.05, 4.69) is 10.5 Å². The summed E-state index contributed by atoms with van der Waals surface area (Å²) in [5.74, 6) is 0.632. The summed E-state index contributed by atoms with van der Waals surface area (Å²) >= 11 is 0. The second-order valence-corrected chi connectivity index (χ2v) is 5.63. The van der Waals surface area contributed by atoms with E-state index in [1.165, 1.54) is 32.2 Å². The highest BCUT2D eigenvalue weighted by Crippen LogP contribution is 2.28. The molecule has 2 aromatic carbocycles. The van der Waals surface area contributed by atoms with E-state index in [4.69, 9.17) is 9.47 Å². The number of hydrogen-bond donors (Lipinski definition) is 1. The summed E-state index contributed by atoms with van der Waals surface area (Å²) in [7, 11) is 3.09. The predicted molar refractivity (Wildman–Crippen MR) is 102 cm³/mol. The molecule has 0 aliphatic carbocycles. The van der Waals surface area contributed by atoms with Gasteiger partial charge < -0.3 is 9.47 Å². The summed E-state index contributed by atoms with van der Waals surface area (Å²) in [6.45, 7) is 3.44. The Hall–Kier alpha value is -3.42. The predicted octanol–water partition coefficient (Wildman–Crippen LogP) is 3.46. The Morgan fingerprint density at radius 2 is 1.89 bits per heavy atom. The van der Waals surface area contributed by atoms with Gasteiger partial charge in [-0.2, -0.15) is 5.10 Å². The van der Waals surface area contributed by atoms with Crippen LogP contribution in [0.1, 0.15) is 34.8 Å². The second-order valence-electron chi connectivity index (χ2n) is 5.63. The molecule has 1 amide bonds. The Kier molecular flexibility index (Phi) is 6.48. The molecule has 0 fully saturated rings. The number of methoxy groups -OCH3 is 2. The minimum Gasteiger partial charge on any atom is -0.493 e. The second kappa shape index (κ2) is 8.79. The molecular weight excluding hydrogens is 350 g/mol. The van der Waals surface area contributed by atoms with Crippen LogP contribution in [-0.4, -0.2) is 30.8 Å². The molecule has 0 aromatic heterocycles. The number of nitrogens with zero attached hydrogens (tertiary/aromatic N) is 2. The number of nitro groups is 1. The minimum absolute atomic E-state index is 0.109. The first-order valence-electron chi connectivity index (χ1n) is 8.26. The number of benzene rings is 2. The normalized spacial score (nSPS) is 11.0. The van der Waals surface area contributed by atoms with Gasteiger partial charge >= 0.3 is 0 Å². The summed E-state index contributed by atoms with van der Waals surface area (Å²) < 4.78 is 10.5. The van der Waals surface area contributed by atoms with Crippen molar-refractivity contribution in [3.05, 3.63) is 63.2 Å². The molecule has 2 rings (SSSR count). The highest BCUT2D eigenvalue weighted by atomic mass is 16.6. The van der Waals surface area contributed by atoms with Crippen LogP contribution in [0.5, 0.6) is 11.5 Å². The molecule has 0 aliphatic rings. The van der Waals surface area contributed by atoms with Crippen molar-refractivity contribution in [2.45, 2.75) is 20.3 Å². The van der Waals surface area contributed by atoms with Gasteiger partial charge in [0.1, 0.15) is 0 Å². The van der Waals surface area contributed by atoms with Crippen molar-refractivity contribution in [2.24, 2.45) is 5.10 Å². The van der Waals surface area contributed by atoms with E-state index in [9.17, 15) is 14.9 Å². The number of carbonyl (C=O) groups excluding carboxylic acids is 1. The molecule has 8 heteroatoms. The van der Waals surface area contributed by atoms with Gasteiger partial charge in [0.15, 0.2) is 11.5 Å². The lowest BCUT2D eigenvalue weighted by Gasteiger charge is -2.11. The van der Waals surface area contributed by atoms with Crippen molar-refractivity contribution in [1.29, 1.82) is 0 Å². The number of amides is 1. The van der Waals surface area contributed by atoms with Crippen molar-refractivity contribution in [3.63, 3.8) is 0 Å². The van der Waals surface area contributed by atoms with E-state index in [0.717, 1.165) is 5.56 Å². The fraction of sp³-hybridized carbons (Fsp3) is 0.263. The number of carbonyl (C=O) groups is 1. The SMILES string of the molecule is CC/C(=N/NC(=O)c1cccc([N+](=O)[O-])c1C)c1ccc(OC)c(OC)c1. The van der Waals surface area contributed by atoms with Gasteiger partial charge in [0.05, 0.1) is 30.4 Å². The van der Waals surface area contributed by atoms with Crippen LogP contribution in [0.3, 0.4) is 0 Å². The van der Waals surface area contributed by atoms with Crippen molar-refractivity contribution in [1.82, 2.24) is 5.43 Å². The smallest absolute Gasteiger partial charge is 0.273 e. The van der Waals surface area contributed by atoms with Crippen LogP contribution in [-0.2, 0) is 0 Å². The molecule has 8 nitrogen and oxygen atoms in total. The maximum absolute atomic E-state index is 12.4. The van der Waals surface area contributed by atoms with Gasteiger partial charge in [0, 0.05) is 17.2 Å². The van der Waals surface area contributed by atoms with Gasteiger partial charge in [-0.1, -0.05) is 13.0 Å². The fourth-order valence-electron chi connectivity index (χ4n) is 2.61. The average Bonchev–Trinajstić information content (AvgIpc) is 2.67. The number of rotatable bonds is 7. The highest BCUT2D eigenvalue weighted by molar-refractivity contribution is 6.03. The molecule has 0 atom stereocenters. The lowest BCUT2D eigenvalue weighted by atomic mass is 10.1. The molecule has 0 radical (unpaired) electrons. The van der Waals surface area contributed by atoms with Crippen LogP contribution >= 0.6 is 0 Å². The van der Waals surface area contributed by atoms with Crippen LogP contribution in [0, 0.1) is 17.0 Å². The van der Waals surface area contributed by atoms with Crippen molar-refractivity contribution in [3.8, 4) is 11.5 Å². The maximum atomic E-state index is 12.4. The van der Waals surface area contributed by atoms with Crippen LogP contribution in [0.15, 0.2) is 41.5 Å². The fourth-order valence-corrected chi connectivity index (χ4v) is 2.61. The number of nitrogens with one attached hydrogen (secondary N) is 1. The minimum atomic E-state index is -0.517. The zero-order valence-corrected chi connectivity index (χ0v) is 15.6. The molecule has 0 spiro atoms. The number of hydrogen-bond acceptors (Lipinski definition) is 6. The lowest BCUT2D eigenvalue weighted by molar-refractivity contribution is -0.385. The molecule has 0 heterocycles. The first-order valence-corrected chi connectivity index (χ1v) is 8.26. The Labute approximate surface area is 157 Å². The molecule has 27 heavy (non-hydrogen) atoms. The Morgan fingerprint density at radius 1 is 1.19 bits per heavy atom. The zero-order chi connectivity index (χ0) is 20.0. The van der Waals surface area contributed by atoms with Gasteiger partial charge in [0.25, 0.3) is 11.6 Å². The topological polar surface area (TPSA) is 103 Å². The molecule has 0 aliphatic heterocycles. The molecule has 142 valence electrons. The van der Waals surface area contributed by atoms with Crippen molar-refractivity contribution in [2.75, 3.05) is 14.2 Å². The molecule has 0 saturated carbocycles. The van der Waals surface area contributed by atoms with E-state index in [-0.39, 0.29) is 11.3 Å². The average molecular weight is 371 g/mol. The third-order valence-corrected chi connectivity index (χ3v) is 4.09. The van der Waals surface area contributed by atoms with Crippen molar-refractivity contribution >= 4 is 17.3 Å². The van der Waals surface area contributed by atoms with Crippen molar-refractivity contribution < 1.29 is 19.2 Å². The number of nitro benzene ring substituents is 1. The van der Waals surface area contributed by atoms with Crippen LogP contribution in [0.4, 0.5) is 5.69 Å². The van der Waals surface area contributed by atoms with E-state index in [1.807, 2.05) is 13.0 Å². The number of hydrazone groups is 1. The maximum Gasteiger partial charge on any atom is 0.273 e. The standard InChI is InChI=1S/C19H21N3O5/c1-5-15(13-9-10-17(26-3)18(11-13)27-4)20-21-19(23)14-7-6-8-16(12(14)2)22(24)25/h6-11H,5H2,1-4H3,(H,21,23)/b20-15-. The summed E-state index contributed by atoms with van der Waals surface area (Å²) in [5.41, 5.74) is 4.26. The van der Waals surface area contributed by atoms with E-state index < -0.39 is 10.8 Å². The summed E-state index contributed by atoms with van der Waals surface area (Å²) in [5, 5.41) is 15.2. The highest BCUT2D eigenvalue weighted by Gasteiger charge is 2.18. The third kappa shape index (κ3) is 4.41. The first-order chi connectivity index (χ1) is 12.9. The summed E-state index contributed by atoms with van der Waals surface area (Å²) in [6.07, 6.45) is 0.559. The van der Waals surface area contributed by atoms with E-state index in [1.54, 1.807) is 19.2 Å². The van der Waals surface area contributed by atoms with Gasteiger partial charge in [-0.15, -0.1) is 0 Å². The summed E-state index contributed by atoms with van der Waals surface area (Å²) in [6, 6.07) is 9.69. The molecule has 0 saturated heterocycles. The van der Waals surface area contributed by atoms with Crippen LogP contribution in [0.2, 0.25) is 0 Å². The zero-order valence-electron chi connectivity index (χ0n) is 15.6. The van der Waals surface area contributed by atoms with Gasteiger partial charge in [-0.25, -0.2) is 5.43 Å². The van der Waals surface area contributed by atoms with Gasteiger partial charge in [0.2, 0.25) is 0 Å². The molecule has 1 N–H and O–H groups in total. The molecular formula is C19H21N3O5. The number of ether oxygens (including phenoxy) is 2. The van der Waals surface area contributed by atoms with Gasteiger partial charge in [-0.3, -0.25) is 14.9 Å². The van der Waals surface area contributed by atoms with E-state index in [0.29, 0.717) is 29.2 Å². The van der Waals surface area contributed by atoms with Crippen LogP contribution < -0.4 is 14.9 Å². The van der Waals surface area contributed by atoms with E-state index >= 15 is 0 Å². The molecule has 0 unspecified atom stereocenters. The Morgan fingerprint density at radius 3 is 2.48 bits per heavy atom. The van der Waals surface area contributed by atoms with Crippen LogP contribution in [0.25, 0.3) is 0 Å². The Bertz CT molecular complexity index is 893. The molecule has 0 bridgehead atoms. The third-order valence-electron chi connectivity index (χ3n) is 4.09. The summed E-state index contributed by atoms with van der Waals surface area (Å²) in [4.78, 5) is 22.9. The largest absolute Gasteiger partial charge is 0.493 e. The Balaban J connectivity index is 2.29.